The van der Waals surface area contributed by atoms with Gasteiger partial charge in [0, 0.05) is 6.21 Å². The highest BCUT2D eigenvalue weighted by molar-refractivity contribution is 5.62. The first-order chi connectivity index (χ1) is 3.21. The van der Waals surface area contributed by atoms with Gasteiger partial charge >= 0.3 is 0 Å². The largest absolute Gasteiger partial charge is 0.273 e. The Morgan fingerprint density at radius 3 is 2.43 bits per heavy atom. The molecule has 2 nitrogen and oxygen atoms in total. The Labute approximate surface area is 43.6 Å². The van der Waals surface area contributed by atoms with Crippen LogP contribution in [-0.2, 0) is 0 Å². The van der Waals surface area contributed by atoms with Crippen molar-refractivity contribution in [3.05, 3.63) is 0 Å². The molecule has 0 aromatic heterocycles. The zero-order valence-electron chi connectivity index (χ0n) is 4.68. The fraction of sp³-hybridized carbons (Fsp3) is 0.800. The van der Waals surface area contributed by atoms with Crippen molar-refractivity contribution >= 4 is 6.21 Å². The predicted molar refractivity (Wildman–Crippen MR) is 29.6 cm³/mol. The van der Waals surface area contributed by atoms with E-state index in [2.05, 4.69) is 10.3 Å². The molecule has 0 spiro atoms. The van der Waals surface area contributed by atoms with Crippen LogP contribution in [0.15, 0.2) is 4.99 Å². The normalized spacial score (nSPS) is 26.0. The topological polar surface area (TPSA) is 26.5 Å². The SMILES string of the molecule is CC1(C)[N]CC=N1. The molecule has 7 heavy (non-hydrogen) atoms. The Kier molecular flexibility index (Phi) is 0.889. The Bertz CT molecular complexity index is 94.3. The summed E-state index contributed by atoms with van der Waals surface area (Å²) in [6, 6.07) is 0. The Morgan fingerprint density at radius 1 is 1.57 bits per heavy atom. The zero-order chi connectivity index (χ0) is 5.33. The summed E-state index contributed by atoms with van der Waals surface area (Å²) >= 11 is 0. The summed E-state index contributed by atoms with van der Waals surface area (Å²) in [6.45, 7) is 4.79. The van der Waals surface area contributed by atoms with E-state index in [4.69, 9.17) is 0 Å². The van der Waals surface area contributed by atoms with Gasteiger partial charge in [-0.05, 0) is 13.8 Å². The quantitative estimate of drug-likeness (QED) is 0.418. The number of aliphatic imine (C=N–C) groups is 1. The van der Waals surface area contributed by atoms with Crippen molar-refractivity contribution in [2.45, 2.75) is 19.5 Å². The lowest BCUT2D eigenvalue weighted by Crippen LogP contribution is -2.24. The van der Waals surface area contributed by atoms with Gasteiger partial charge in [0.15, 0.2) is 0 Å². The molecule has 1 heterocycles. The van der Waals surface area contributed by atoms with Crippen LogP contribution in [0.3, 0.4) is 0 Å². The van der Waals surface area contributed by atoms with Gasteiger partial charge in [-0.3, -0.25) is 4.99 Å². The minimum absolute atomic E-state index is 0.111. The molecule has 1 rings (SSSR count). The van der Waals surface area contributed by atoms with Crippen LogP contribution < -0.4 is 5.32 Å². The van der Waals surface area contributed by atoms with Gasteiger partial charge in [0.2, 0.25) is 0 Å². The van der Waals surface area contributed by atoms with E-state index in [-0.39, 0.29) is 5.66 Å². The summed E-state index contributed by atoms with van der Waals surface area (Å²) in [4.78, 5) is 4.08. The molecular formula is C5H9N2. The standard InChI is InChI=1S/C5H9N2/c1-5(2)6-3-4-7-5/h3H,4H2,1-2H3. The van der Waals surface area contributed by atoms with Crippen LogP contribution in [0, 0.1) is 0 Å². The average molecular weight is 97.1 g/mol. The molecule has 0 aromatic carbocycles. The van der Waals surface area contributed by atoms with E-state index in [0.717, 1.165) is 6.54 Å². The van der Waals surface area contributed by atoms with E-state index >= 15 is 0 Å². The minimum Gasteiger partial charge on any atom is -0.273 e. The summed E-state index contributed by atoms with van der Waals surface area (Å²) in [7, 11) is 0. The summed E-state index contributed by atoms with van der Waals surface area (Å²) in [5.74, 6) is 0. The third-order valence-electron chi connectivity index (χ3n) is 0.967. The fourth-order valence-corrected chi connectivity index (χ4v) is 0.569. The van der Waals surface area contributed by atoms with E-state index in [1.54, 1.807) is 0 Å². The Morgan fingerprint density at radius 2 is 2.29 bits per heavy atom. The molecule has 2 heteroatoms. The van der Waals surface area contributed by atoms with Crippen molar-refractivity contribution in [3.63, 3.8) is 0 Å². The summed E-state index contributed by atoms with van der Waals surface area (Å²) in [5, 5.41) is 4.15. The first kappa shape index (κ1) is 4.78. The molecule has 0 fully saturated rings. The van der Waals surface area contributed by atoms with Gasteiger partial charge in [-0.2, -0.15) is 0 Å². The molecule has 0 aliphatic carbocycles. The maximum absolute atomic E-state index is 4.15. The molecule has 1 aliphatic rings. The lowest BCUT2D eigenvalue weighted by molar-refractivity contribution is 0.452. The van der Waals surface area contributed by atoms with Gasteiger partial charge < -0.3 is 0 Å². The van der Waals surface area contributed by atoms with E-state index in [9.17, 15) is 0 Å². The van der Waals surface area contributed by atoms with Gasteiger partial charge in [-0.15, -0.1) is 0 Å². The van der Waals surface area contributed by atoms with Crippen molar-refractivity contribution in [1.82, 2.24) is 5.32 Å². The highest BCUT2D eigenvalue weighted by Crippen LogP contribution is 2.07. The first-order valence-electron chi connectivity index (χ1n) is 2.43. The monoisotopic (exact) mass is 97.1 g/mol. The van der Waals surface area contributed by atoms with Crippen molar-refractivity contribution in [2.75, 3.05) is 6.54 Å². The molecule has 1 radical (unpaired) electrons. The second-order valence-corrected chi connectivity index (χ2v) is 2.15. The highest BCUT2D eigenvalue weighted by Gasteiger charge is 2.18. The van der Waals surface area contributed by atoms with Crippen LogP contribution >= 0.6 is 0 Å². The van der Waals surface area contributed by atoms with E-state index in [1.807, 2.05) is 20.1 Å². The average Bonchev–Trinajstić information content (AvgIpc) is 1.84. The van der Waals surface area contributed by atoms with Crippen molar-refractivity contribution in [2.24, 2.45) is 4.99 Å². The molecule has 0 aromatic rings. The van der Waals surface area contributed by atoms with Crippen LogP contribution in [0.5, 0.6) is 0 Å². The van der Waals surface area contributed by atoms with Crippen LogP contribution in [0.1, 0.15) is 13.8 Å². The number of hydrogen-bond donors (Lipinski definition) is 0. The van der Waals surface area contributed by atoms with E-state index in [0.29, 0.717) is 0 Å². The second kappa shape index (κ2) is 1.30. The first-order valence-corrected chi connectivity index (χ1v) is 2.43. The molecule has 1 aliphatic heterocycles. The summed E-state index contributed by atoms with van der Waals surface area (Å²) in [6.07, 6.45) is 1.85. The van der Waals surface area contributed by atoms with Gasteiger partial charge in [-0.25, -0.2) is 5.32 Å². The van der Waals surface area contributed by atoms with Crippen LogP contribution in [-0.4, -0.2) is 18.4 Å². The number of nitrogens with zero attached hydrogens (tertiary/aromatic N) is 2. The Balaban J connectivity index is 2.57. The molecular weight excluding hydrogens is 88.1 g/mol. The smallest absolute Gasteiger partial charge is 0.120 e. The maximum Gasteiger partial charge on any atom is 0.120 e. The molecule has 0 N–H and O–H groups in total. The molecule has 0 amide bonds. The van der Waals surface area contributed by atoms with Crippen molar-refractivity contribution in [3.8, 4) is 0 Å². The maximum atomic E-state index is 4.15. The van der Waals surface area contributed by atoms with Gasteiger partial charge in [-0.1, -0.05) is 0 Å². The second-order valence-electron chi connectivity index (χ2n) is 2.15. The van der Waals surface area contributed by atoms with E-state index < -0.39 is 0 Å². The van der Waals surface area contributed by atoms with Crippen molar-refractivity contribution in [1.29, 1.82) is 0 Å². The van der Waals surface area contributed by atoms with Crippen LogP contribution in [0.2, 0.25) is 0 Å². The van der Waals surface area contributed by atoms with E-state index in [1.165, 1.54) is 0 Å². The molecule has 0 saturated heterocycles. The predicted octanol–water partition coefficient (Wildman–Crippen LogP) is 0.411. The molecule has 39 valence electrons. The molecule has 0 atom stereocenters. The third kappa shape index (κ3) is 0.996. The van der Waals surface area contributed by atoms with Crippen LogP contribution in [0.4, 0.5) is 0 Å². The summed E-state index contributed by atoms with van der Waals surface area (Å²) < 4.78 is 0. The van der Waals surface area contributed by atoms with Gasteiger partial charge in [0.1, 0.15) is 5.66 Å². The minimum atomic E-state index is -0.111. The van der Waals surface area contributed by atoms with Gasteiger partial charge in [0.05, 0.1) is 6.54 Å². The molecule has 0 unspecified atom stereocenters. The Hall–Kier alpha value is -0.370. The fourth-order valence-electron chi connectivity index (χ4n) is 0.569. The number of hydrogen-bond acceptors (Lipinski definition) is 1. The lowest BCUT2D eigenvalue weighted by atomic mass is 10.3. The zero-order valence-corrected chi connectivity index (χ0v) is 4.68. The lowest BCUT2D eigenvalue weighted by Gasteiger charge is -2.10. The van der Waals surface area contributed by atoms with Crippen molar-refractivity contribution < 1.29 is 0 Å². The highest BCUT2D eigenvalue weighted by atomic mass is 15.2. The molecule has 0 bridgehead atoms. The molecule has 0 saturated carbocycles. The summed E-state index contributed by atoms with van der Waals surface area (Å²) in [5.41, 5.74) is -0.111. The number of rotatable bonds is 0. The van der Waals surface area contributed by atoms with Gasteiger partial charge in [0.25, 0.3) is 0 Å². The third-order valence-corrected chi connectivity index (χ3v) is 0.967. The van der Waals surface area contributed by atoms with Crippen LogP contribution in [0.25, 0.3) is 0 Å².